The highest BCUT2D eigenvalue weighted by molar-refractivity contribution is 5.97. The zero-order chi connectivity index (χ0) is 15.4. The van der Waals surface area contributed by atoms with E-state index in [1.165, 1.54) is 6.07 Å². The van der Waals surface area contributed by atoms with Gasteiger partial charge in [0, 0.05) is 12.1 Å². The highest BCUT2D eigenvalue weighted by Gasteiger charge is 2.23. The van der Waals surface area contributed by atoms with Crippen molar-refractivity contribution in [2.45, 2.75) is 32.4 Å². The number of rotatable bonds is 4. The van der Waals surface area contributed by atoms with E-state index in [-0.39, 0.29) is 17.5 Å². The van der Waals surface area contributed by atoms with Crippen LogP contribution in [-0.4, -0.2) is 40.2 Å². The number of hydrogen-bond acceptors (Lipinski definition) is 4. The summed E-state index contributed by atoms with van der Waals surface area (Å²) in [5.74, 6) is -0.331. The molecule has 0 bridgehead atoms. The number of benzene rings is 1. The lowest BCUT2D eigenvalue weighted by atomic mass is 9.92. The number of nitrogens with two attached hydrogens (primary N) is 1. The van der Waals surface area contributed by atoms with Gasteiger partial charge in [-0.1, -0.05) is 17.3 Å². The first-order chi connectivity index (χ1) is 10.0. The molecule has 1 saturated heterocycles. The van der Waals surface area contributed by atoms with E-state index in [0.717, 1.165) is 25.9 Å². The van der Waals surface area contributed by atoms with Gasteiger partial charge in [0.25, 0.3) is 0 Å². The molecule has 1 aliphatic rings. The summed E-state index contributed by atoms with van der Waals surface area (Å²) >= 11 is 0. The molecule has 0 saturated carbocycles. The molecule has 0 aromatic heterocycles. The fraction of sp³-hybridized carbons (Fsp3) is 0.533. The normalized spacial score (nSPS) is 19.7. The van der Waals surface area contributed by atoms with E-state index in [4.69, 9.17) is 10.9 Å². The van der Waals surface area contributed by atoms with Crippen LogP contribution in [0.15, 0.2) is 23.4 Å². The summed E-state index contributed by atoms with van der Waals surface area (Å²) < 4.78 is 14.3. The number of amidine groups is 1. The molecule has 1 unspecified atom stereocenters. The van der Waals surface area contributed by atoms with Crippen molar-refractivity contribution in [1.82, 2.24) is 4.90 Å². The van der Waals surface area contributed by atoms with Gasteiger partial charge in [-0.2, -0.15) is 0 Å². The Bertz CT molecular complexity index is 512. The Morgan fingerprint density at radius 2 is 2.14 bits per heavy atom. The van der Waals surface area contributed by atoms with Crippen LogP contribution < -0.4 is 5.73 Å². The quantitative estimate of drug-likeness (QED) is 0.340. The van der Waals surface area contributed by atoms with Crippen LogP contribution in [0.3, 0.4) is 0 Å². The topological polar surface area (TPSA) is 82.1 Å². The van der Waals surface area contributed by atoms with Gasteiger partial charge in [-0.05, 0) is 44.8 Å². The summed E-state index contributed by atoms with van der Waals surface area (Å²) in [5, 5.41) is 21.1. The van der Waals surface area contributed by atoms with Gasteiger partial charge in [-0.15, -0.1) is 0 Å². The van der Waals surface area contributed by atoms with E-state index in [1.807, 2.05) is 6.92 Å². The van der Waals surface area contributed by atoms with Gasteiger partial charge in [0.05, 0.1) is 11.7 Å². The van der Waals surface area contributed by atoms with E-state index < -0.39 is 5.82 Å². The molecule has 1 fully saturated rings. The molecular formula is C15H22FN3O2. The Balaban J connectivity index is 2.04. The van der Waals surface area contributed by atoms with E-state index in [9.17, 15) is 9.50 Å². The van der Waals surface area contributed by atoms with Gasteiger partial charge in [0.15, 0.2) is 5.84 Å². The lowest BCUT2D eigenvalue weighted by molar-refractivity contribution is 0.0692. The van der Waals surface area contributed by atoms with Crippen molar-refractivity contribution in [3.05, 3.63) is 35.1 Å². The maximum Gasteiger partial charge on any atom is 0.173 e. The number of piperidine rings is 1. The molecule has 4 N–H and O–H groups in total. The summed E-state index contributed by atoms with van der Waals surface area (Å²) in [7, 11) is 0. The summed E-state index contributed by atoms with van der Waals surface area (Å²) in [6.45, 7) is 3.98. The summed E-state index contributed by atoms with van der Waals surface area (Å²) in [6, 6.07) is 4.91. The van der Waals surface area contributed by atoms with Crippen molar-refractivity contribution in [2.75, 3.05) is 13.1 Å². The number of nitrogens with zero attached hydrogens (tertiary/aromatic N) is 2. The average Bonchev–Trinajstić information content (AvgIpc) is 2.49. The fourth-order valence-corrected chi connectivity index (χ4v) is 2.79. The molecule has 1 heterocycles. The number of aliphatic hydroxyl groups excluding tert-OH is 1. The van der Waals surface area contributed by atoms with Crippen LogP contribution in [0, 0.1) is 11.7 Å². The standard InChI is InChI=1S/C15H22FN3O2/c1-10(20)11-5-7-19(8-6-11)9-12-3-2-4-13(14(12)16)15(17)18-21/h2-4,10-11,20-21H,5-9H2,1H3,(H2,17,18). The highest BCUT2D eigenvalue weighted by atomic mass is 19.1. The van der Waals surface area contributed by atoms with Crippen molar-refractivity contribution < 1.29 is 14.7 Å². The van der Waals surface area contributed by atoms with Crippen molar-refractivity contribution in [2.24, 2.45) is 16.8 Å². The van der Waals surface area contributed by atoms with Gasteiger partial charge in [-0.25, -0.2) is 4.39 Å². The molecule has 1 atom stereocenters. The molecule has 0 spiro atoms. The van der Waals surface area contributed by atoms with Crippen molar-refractivity contribution >= 4 is 5.84 Å². The smallest absolute Gasteiger partial charge is 0.173 e. The lowest BCUT2D eigenvalue weighted by Crippen LogP contribution is -2.36. The van der Waals surface area contributed by atoms with Crippen LogP contribution in [0.4, 0.5) is 4.39 Å². The predicted molar refractivity (Wildman–Crippen MR) is 78.6 cm³/mol. The van der Waals surface area contributed by atoms with Gasteiger partial charge in [0.1, 0.15) is 5.82 Å². The molecule has 5 nitrogen and oxygen atoms in total. The second-order valence-electron chi connectivity index (χ2n) is 5.62. The van der Waals surface area contributed by atoms with Crippen LogP contribution in [0.25, 0.3) is 0 Å². The van der Waals surface area contributed by atoms with E-state index >= 15 is 0 Å². The Morgan fingerprint density at radius 1 is 1.48 bits per heavy atom. The Kier molecular flexibility index (Phi) is 5.14. The Morgan fingerprint density at radius 3 is 2.71 bits per heavy atom. The van der Waals surface area contributed by atoms with E-state index in [2.05, 4.69) is 10.1 Å². The molecule has 1 aromatic rings. The van der Waals surface area contributed by atoms with Gasteiger partial charge in [-0.3, -0.25) is 4.90 Å². The van der Waals surface area contributed by atoms with Gasteiger partial charge >= 0.3 is 0 Å². The zero-order valence-electron chi connectivity index (χ0n) is 12.2. The number of hydrogen-bond donors (Lipinski definition) is 3. The summed E-state index contributed by atoms with van der Waals surface area (Å²) in [6.07, 6.45) is 1.55. The summed E-state index contributed by atoms with van der Waals surface area (Å²) in [4.78, 5) is 2.16. The van der Waals surface area contributed by atoms with Crippen molar-refractivity contribution in [3.8, 4) is 0 Å². The third-order valence-electron chi connectivity index (χ3n) is 4.17. The molecule has 1 aliphatic heterocycles. The van der Waals surface area contributed by atoms with Crippen molar-refractivity contribution in [3.63, 3.8) is 0 Å². The summed E-state index contributed by atoms with van der Waals surface area (Å²) in [5.41, 5.74) is 6.12. The fourth-order valence-electron chi connectivity index (χ4n) is 2.79. The predicted octanol–water partition coefficient (Wildman–Crippen LogP) is 1.51. The maximum atomic E-state index is 14.3. The minimum Gasteiger partial charge on any atom is -0.409 e. The molecule has 21 heavy (non-hydrogen) atoms. The van der Waals surface area contributed by atoms with Gasteiger partial charge < -0.3 is 16.0 Å². The largest absolute Gasteiger partial charge is 0.409 e. The SMILES string of the molecule is CC(O)C1CCN(Cc2cccc(/C(N)=N/O)c2F)CC1. The molecule has 0 amide bonds. The van der Waals surface area contributed by atoms with Crippen LogP contribution >= 0.6 is 0 Å². The third kappa shape index (κ3) is 3.71. The molecule has 0 aliphatic carbocycles. The molecule has 2 rings (SSSR count). The highest BCUT2D eigenvalue weighted by Crippen LogP contribution is 2.23. The Labute approximate surface area is 123 Å². The minimum atomic E-state index is -0.439. The first-order valence-corrected chi connectivity index (χ1v) is 7.18. The molecular weight excluding hydrogens is 273 g/mol. The van der Waals surface area contributed by atoms with E-state index in [1.54, 1.807) is 12.1 Å². The zero-order valence-corrected chi connectivity index (χ0v) is 12.2. The Hall–Kier alpha value is -1.66. The molecule has 116 valence electrons. The van der Waals surface area contributed by atoms with Crippen LogP contribution in [0.1, 0.15) is 30.9 Å². The lowest BCUT2D eigenvalue weighted by Gasteiger charge is -2.33. The first-order valence-electron chi connectivity index (χ1n) is 7.18. The van der Waals surface area contributed by atoms with Gasteiger partial charge in [0.2, 0.25) is 0 Å². The van der Waals surface area contributed by atoms with Crippen molar-refractivity contribution in [1.29, 1.82) is 0 Å². The van der Waals surface area contributed by atoms with Crippen LogP contribution in [-0.2, 0) is 6.54 Å². The second kappa shape index (κ2) is 6.87. The third-order valence-corrected chi connectivity index (χ3v) is 4.17. The molecule has 0 radical (unpaired) electrons. The van der Waals surface area contributed by atoms with Crippen LogP contribution in [0.2, 0.25) is 0 Å². The molecule has 6 heteroatoms. The van der Waals surface area contributed by atoms with Crippen LogP contribution in [0.5, 0.6) is 0 Å². The average molecular weight is 295 g/mol. The van der Waals surface area contributed by atoms with E-state index in [0.29, 0.717) is 18.0 Å². The minimum absolute atomic E-state index is 0.119. The number of oxime groups is 1. The second-order valence-corrected chi connectivity index (χ2v) is 5.62. The molecule has 1 aromatic carbocycles. The number of aliphatic hydroxyl groups is 1. The number of halogens is 1. The monoisotopic (exact) mass is 295 g/mol. The maximum absolute atomic E-state index is 14.3. The first kappa shape index (κ1) is 15.7. The number of likely N-dealkylation sites (tertiary alicyclic amines) is 1.